The summed E-state index contributed by atoms with van der Waals surface area (Å²) in [7, 11) is 1.43. The lowest BCUT2D eigenvalue weighted by Crippen LogP contribution is -2.43. The summed E-state index contributed by atoms with van der Waals surface area (Å²) in [6.07, 6.45) is -1.44. The molecule has 2 atom stereocenters. The summed E-state index contributed by atoms with van der Waals surface area (Å²) in [6.45, 7) is 10.6. The van der Waals surface area contributed by atoms with Crippen LogP contribution in [0.5, 0.6) is 0 Å². The van der Waals surface area contributed by atoms with Gasteiger partial charge in [-0.25, -0.2) is 0 Å². The van der Waals surface area contributed by atoms with Crippen LogP contribution in [0.3, 0.4) is 0 Å². The first-order valence-corrected chi connectivity index (χ1v) is 10.4. The molecule has 0 amide bonds. The molecular formula is C17H28NO2PS. The van der Waals surface area contributed by atoms with Crippen LogP contribution in [-0.2, 0) is 21.3 Å². The number of methoxy groups -OCH3 is 1. The summed E-state index contributed by atoms with van der Waals surface area (Å²) < 4.78 is 4.98. The number of esters is 1. The number of ether oxygens (including phenoxy) is 1. The van der Waals surface area contributed by atoms with Gasteiger partial charge in [0.2, 0.25) is 0 Å². The Bertz CT molecular complexity index is 537. The molecule has 0 aliphatic carbocycles. The summed E-state index contributed by atoms with van der Waals surface area (Å²) in [6, 6.07) is 9.73. The third kappa shape index (κ3) is 4.65. The van der Waals surface area contributed by atoms with E-state index in [1.807, 2.05) is 18.2 Å². The monoisotopic (exact) mass is 341 g/mol. The molecule has 1 aromatic rings. The van der Waals surface area contributed by atoms with Crippen molar-refractivity contribution in [3.05, 3.63) is 30.3 Å². The fourth-order valence-electron chi connectivity index (χ4n) is 2.33. The molecule has 1 N–H and O–H groups in total. The Morgan fingerprint density at radius 1 is 1.27 bits per heavy atom. The highest BCUT2D eigenvalue weighted by Crippen LogP contribution is 2.54. The van der Waals surface area contributed by atoms with Crippen LogP contribution in [0.2, 0.25) is 0 Å². The predicted octanol–water partition coefficient (Wildman–Crippen LogP) is 3.68. The number of benzene rings is 1. The largest absolute Gasteiger partial charge is 0.468 e. The first kappa shape index (κ1) is 19.3. The van der Waals surface area contributed by atoms with Gasteiger partial charge in [-0.3, -0.25) is 9.88 Å². The Balaban J connectivity index is 3.23. The smallest absolute Gasteiger partial charge is 0.323 e. The Hall–Kier alpha value is -0.700. The highest BCUT2D eigenvalue weighted by atomic mass is 32.4. The van der Waals surface area contributed by atoms with Gasteiger partial charge in [0, 0.05) is 11.3 Å². The van der Waals surface area contributed by atoms with Crippen molar-refractivity contribution in [2.24, 2.45) is 5.92 Å². The van der Waals surface area contributed by atoms with Gasteiger partial charge < -0.3 is 4.74 Å². The maximum atomic E-state index is 12.2. The molecule has 0 radical (unpaired) electrons. The minimum atomic E-state index is -2.15. The SMILES string of the molecule is COC(=O)[C@H](CC(C)C)NP(=S)(c1ccccc1)C(C)(C)C. The fraction of sp³-hybridized carbons (Fsp3) is 0.588. The summed E-state index contributed by atoms with van der Waals surface area (Å²) in [4.78, 5) is 12.2. The van der Waals surface area contributed by atoms with Crippen molar-refractivity contribution >= 4 is 29.3 Å². The van der Waals surface area contributed by atoms with Gasteiger partial charge in [0.05, 0.1) is 7.11 Å². The van der Waals surface area contributed by atoms with Crippen LogP contribution < -0.4 is 10.4 Å². The minimum absolute atomic E-state index is 0.132. The number of carbonyl (C=O) groups excluding carboxylic acids is 1. The maximum absolute atomic E-state index is 12.2. The zero-order valence-corrected chi connectivity index (χ0v) is 16.1. The Morgan fingerprint density at radius 3 is 2.23 bits per heavy atom. The van der Waals surface area contributed by atoms with Gasteiger partial charge in [-0.05, 0) is 17.6 Å². The van der Waals surface area contributed by atoms with Crippen molar-refractivity contribution < 1.29 is 9.53 Å². The molecule has 124 valence electrons. The zero-order chi connectivity index (χ0) is 17.0. The molecule has 0 aliphatic heterocycles. The number of hydrogen-bond acceptors (Lipinski definition) is 3. The molecule has 5 heteroatoms. The molecule has 0 heterocycles. The van der Waals surface area contributed by atoms with E-state index in [4.69, 9.17) is 16.5 Å². The van der Waals surface area contributed by atoms with E-state index in [2.05, 4.69) is 51.8 Å². The first-order valence-electron chi connectivity index (χ1n) is 7.63. The molecule has 0 saturated heterocycles. The third-order valence-electron chi connectivity index (χ3n) is 3.59. The van der Waals surface area contributed by atoms with Crippen LogP contribution in [0, 0.1) is 5.92 Å². The van der Waals surface area contributed by atoms with Crippen LogP contribution in [0.4, 0.5) is 0 Å². The number of carbonyl (C=O) groups is 1. The number of rotatable bonds is 6. The van der Waals surface area contributed by atoms with Gasteiger partial charge in [-0.1, -0.05) is 76.8 Å². The molecule has 3 nitrogen and oxygen atoms in total. The summed E-state index contributed by atoms with van der Waals surface area (Å²) in [5.74, 6) is 0.152. The standard InChI is InChI=1S/C17H28NO2PS/c1-13(2)12-15(16(19)20-6)18-21(22,17(3,4)5)14-10-8-7-9-11-14/h7-11,13,15H,12H2,1-6H3,(H,18,22)/t15-,21?/m0/s1. The van der Waals surface area contributed by atoms with Crippen molar-refractivity contribution in [2.75, 3.05) is 7.11 Å². The average Bonchev–Trinajstić information content (AvgIpc) is 2.44. The molecule has 0 fully saturated rings. The van der Waals surface area contributed by atoms with E-state index in [9.17, 15) is 4.79 Å². The topological polar surface area (TPSA) is 38.3 Å². The second-order valence-corrected chi connectivity index (χ2v) is 11.9. The second-order valence-electron chi connectivity index (χ2n) is 6.95. The molecule has 0 aromatic heterocycles. The lowest BCUT2D eigenvalue weighted by molar-refractivity contribution is -0.143. The first-order chi connectivity index (χ1) is 10.1. The van der Waals surface area contributed by atoms with Gasteiger partial charge >= 0.3 is 5.97 Å². The van der Waals surface area contributed by atoms with Crippen molar-refractivity contribution in [1.29, 1.82) is 0 Å². The summed E-state index contributed by atoms with van der Waals surface area (Å²) in [5, 5.41) is 4.49. The molecule has 22 heavy (non-hydrogen) atoms. The Labute approximate surface area is 139 Å². The molecule has 1 aromatic carbocycles. The van der Waals surface area contributed by atoms with E-state index >= 15 is 0 Å². The average molecular weight is 341 g/mol. The van der Waals surface area contributed by atoms with Crippen molar-refractivity contribution in [2.45, 2.75) is 52.2 Å². The quantitative estimate of drug-likeness (QED) is 0.633. The lowest BCUT2D eigenvalue weighted by Gasteiger charge is -2.39. The maximum Gasteiger partial charge on any atom is 0.323 e. The van der Waals surface area contributed by atoms with Gasteiger partial charge in [-0.2, -0.15) is 0 Å². The molecule has 1 unspecified atom stereocenters. The van der Waals surface area contributed by atoms with Crippen LogP contribution in [0.25, 0.3) is 0 Å². The van der Waals surface area contributed by atoms with Crippen LogP contribution >= 0.6 is 6.19 Å². The van der Waals surface area contributed by atoms with E-state index < -0.39 is 6.19 Å². The molecule has 0 aliphatic rings. The highest BCUT2D eigenvalue weighted by molar-refractivity contribution is 8.18. The second kappa shape index (κ2) is 7.72. The molecular weight excluding hydrogens is 313 g/mol. The molecule has 0 bridgehead atoms. The highest BCUT2D eigenvalue weighted by Gasteiger charge is 2.37. The molecule has 0 saturated carbocycles. The van der Waals surface area contributed by atoms with Gasteiger partial charge in [0.25, 0.3) is 0 Å². The summed E-state index contributed by atoms with van der Waals surface area (Å²) >= 11 is 6.09. The van der Waals surface area contributed by atoms with Crippen LogP contribution in [-0.4, -0.2) is 24.3 Å². The van der Waals surface area contributed by atoms with Crippen molar-refractivity contribution in [1.82, 2.24) is 5.09 Å². The van der Waals surface area contributed by atoms with E-state index in [0.717, 1.165) is 5.30 Å². The van der Waals surface area contributed by atoms with Crippen molar-refractivity contribution in [3.63, 3.8) is 0 Å². The Morgan fingerprint density at radius 2 is 1.82 bits per heavy atom. The third-order valence-corrected chi connectivity index (χ3v) is 9.78. The van der Waals surface area contributed by atoms with Crippen LogP contribution in [0.1, 0.15) is 41.0 Å². The van der Waals surface area contributed by atoms with E-state index in [1.54, 1.807) is 0 Å². The lowest BCUT2D eigenvalue weighted by atomic mass is 10.1. The summed E-state index contributed by atoms with van der Waals surface area (Å²) in [5.41, 5.74) is 0. The van der Waals surface area contributed by atoms with E-state index in [-0.39, 0.29) is 17.2 Å². The normalized spacial score (nSPS) is 16.1. The molecule has 0 spiro atoms. The van der Waals surface area contributed by atoms with E-state index in [1.165, 1.54) is 7.11 Å². The van der Waals surface area contributed by atoms with Gasteiger partial charge in [0.1, 0.15) is 6.04 Å². The van der Waals surface area contributed by atoms with Crippen molar-refractivity contribution in [3.8, 4) is 0 Å². The number of nitrogens with one attached hydrogen (secondary N) is 1. The van der Waals surface area contributed by atoms with Gasteiger partial charge in [0.15, 0.2) is 0 Å². The fourth-order valence-corrected chi connectivity index (χ4v) is 5.63. The minimum Gasteiger partial charge on any atom is -0.468 e. The van der Waals surface area contributed by atoms with Crippen LogP contribution in [0.15, 0.2) is 30.3 Å². The Kier molecular flexibility index (Phi) is 6.79. The molecule has 1 rings (SSSR count). The van der Waals surface area contributed by atoms with E-state index in [0.29, 0.717) is 12.3 Å². The zero-order valence-electron chi connectivity index (χ0n) is 14.4. The number of hydrogen-bond donors (Lipinski definition) is 1. The predicted molar refractivity (Wildman–Crippen MR) is 98.5 cm³/mol. The van der Waals surface area contributed by atoms with Gasteiger partial charge in [-0.15, -0.1) is 0 Å².